The standard InChI is InChI=1S/C20H23N3O4S3/c1-14-19(15-8-10-16(27-3)11-9-15)22-20(29-14)21-17(24)6-4-12-23(2)30(25,26)18-7-5-13-28-18/h5,7-11,13H,4,6,12H2,1-3H3,(H,21,22,24). The first-order valence-electron chi connectivity index (χ1n) is 9.23. The lowest BCUT2D eigenvalue weighted by molar-refractivity contribution is -0.116. The van der Waals surface area contributed by atoms with E-state index in [-0.39, 0.29) is 18.9 Å². The number of hydrogen-bond acceptors (Lipinski definition) is 7. The van der Waals surface area contributed by atoms with E-state index in [0.29, 0.717) is 15.8 Å². The summed E-state index contributed by atoms with van der Waals surface area (Å²) in [5.41, 5.74) is 1.77. The molecule has 0 aliphatic carbocycles. The summed E-state index contributed by atoms with van der Waals surface area (Å²) < 4.78 is 31.5. The number of thiazole rings is 1. The van der Waals surface area contributed by atoms with Crippen LogP contribution in [0, 0.1) is 6.92 Å². The quantitative estimate of drug-likeness (QED) is 0.511. The Labute approximate surface area is 184 Å². The largest absolute Gasteiger partial charge is 0.497 e. The molecule has 0 saturated carbocycles. The average Bonchev–Trinajstić information content (AvgIpc) is 3.38. The number of aromatic nitrogens is 1. The number of amides is 1. The number of nitrogens with zero attached hydrogens (tertiary/aromatic N) is 2. The lowest BCUT2D eigenvalue weighted by Crippen LogP contribution is -2.28. The zero-order chi connectivity index (χ0) is 21.7. The summed E-state index contributed by atoms with van der Waals surface area (Å²) >= 11 is 2.59. The van der Waals surface area contributed by atoms with Crippen LogP contribution in [-0.2, 0) is 14.8 Å². The van der Waals surface area contributed by atoms with Gasteiger partial charge in [-0.3, -0.25) is 4.79 Å². The van der Waals surface area contributed by atoms with Crippen molar-refractivity contribution in [3.8, 4) is 17.0 Å². The second-order valence-electron chi connectivity index (χ2n) is 6.56. The molecule has 160 valence electrons. The third-order valence-electron chi connectivity index (χ3n) is 4.44. The van der Waals surface area contributed by atoms with Gasteiger partial charge in [0.15, 0.2) is 5.13 Å². The van der Waals surface area contributed by atoms with Crippen molar-refractivity contribution in [2.24, 2.45) is 0 Å². The first kappa shape index (κ1) is 22.4. The number of ether oxygens (including phenoxy) is 1. The number of rotatable bonds is 9. The van der Waals surface area contributed by atoms with Crippen molar-refractivity contribution in [3.63, 3.8) is 0 Å². The Kier molecular flexibility index (Phi) is 7.24. The molecule has 7 nitrogen and oxygen atoms in total. The number of carbonyl (C=O) groups excluding carboxylic acids is 1. The van der Waals surface area contributed by atoms with E-state index in [1.54, 1.807) is 24.6 Å². The Bertz CT molecular complexity index is 1090. The maximum Gasteiger partial charge on any atom is 0.252 e. The molecule has 1 amide bonds. The summed E-state index contributed by atoms with van der Waals surface area (Å²) in [5.74, 6) is 0.582. The zero-order valence-electron chi connectivity index (χ0n) is 16.9. The van der Waals surface area contributed by atoms with Crippen molar-refractivity contribution in [1.29, 1.82) is 0 Å². The lowest BCUT2D eigenvalue weighted by atomic mass is 10.1. The maximum absolute atomic E-state index is 12.4. The van der Waals surface area contributed by atoms with E-state index in [9.17, 15) is 13.2 Å². The zero-order valence-corrected chi connectivity index (χ0v) is 19.4. The Morgan fingerprint density at radius 3 is 2.60 bits per heavy atom. The molecule has 3 aromatic rings. The molecule has 0 aliphatic rings. The summed E-state index contributed by atoms with van der Waals surface area (Å²) in [6.45, 7) is 2.22. The molecule has 0 aliphatic heterocycles. The predicted molar refractivity (Wildman–Crippen MR) is 121 cm³/mol. The van der Waals surface area contributed by atoms with Crippen LogP contribution in [0.3, 0.4) is 0 Å². The first-order chi connectivity index (χ1) is 14.3. The minimum absolute atomic E-state index is 0.188. The highest BCUT2D eigenvalue weighted by atomic mass is 32.2. The van der Waals surface area contributed by atoms with Crippen LogP contribution >= 0.6 is 22.7 Å². The van der Waals surface area contributed by atoms with Crippen LogP contribution < -0.4 is 10.1 Å². The molecule has 2 heterocycles. The van der Waals surface area contributed by atoms with Gasteiger partial charge >= 0.3 is 0 Å². The Hall–Kier alpha value is -2.27. The van der Waals surface area contributed by atoms with Crippen LogP contribution in [0.4, 0.5) is 5.13 Å². The van der Waals surface area contributed by atoms with Crippen molar-refractivity contribution in [2.75, 3.05) is 26.0 Å². The van der Waals surface area contributed by atoms with Crippen LogP contribution in [0.5, 0.6) is 5.75 Å². The fraction of sp³-hybridized carbons (Fsp3) is 0.300. The Morgan fingerprint density at radius 1 is 1.23 bits per heavy atom. The molecule has 0 saturated heterocycles. The normalized spacial score (nSPS) is 11.6. The summed E-state index contributed by atoms with van der Waals surface area (Å²) in [5, 5.41) is 5.07. The SMILES string of the molecule is COc1ccc(-c2nc(NC(=O)CCCN(C)S(=O)(=O)c3cccs3)sc2C)cc1. The molecule has 1 N–H and O–H groups in total. The molecular formula is C20H23N3O4S3. The number of hydrogen-bond donors (Lipinski definition) is 1. The van der Waals surface area contributed by atoms with Crippen molar-refractivity contribution in [2.45, 2.75) is 24.0 Å². The van der Waals surface area contributed by atoms with E-state index in [1.807, 2.05) is 31.2 Å². The minimum Gasteiger partial charge on any atom is -0.497 e. The van der Waals surface area contributed by atoms with Crippen LogP contribution in [0.25, 0.3) is 11.3 Å². The van der Waals surface area contributed by atoms with Gasteiger partial charge in [-0.05, 0) is 49.1 Å². The molecule has 0 unspecified atom stereocenters. The summed E-state index contributed by atoms with van der Waals surface area (Å²) in [6, 6.07) is 10.9. The lowest BCUT2D eigenvalue weighted by Gasteiger charge is -2.15. The number of carbonyl (C=O) groups is 1. The fourth-order valence-electron chi connectivity index (χ4n) is 2.79. The summed E-state index contributed by atoms with van der Waals surface area (Å²) in [7, 11) is -0.346. The molecule has 3 rings (SSSR count). The van der Waals surface area contributed by atoms with Gasteiger partial charge in [0.25, 0.3) is 10.0 Å². The van der Waals surface area contributed by atoms with E-state index in [1.165, 1.54) is 34.0 Å². The molecule has 0 bridgehead atoms. The van der Waals surface area contributed by atoms with Gasteiger partial charge in [-0.1, -0.05) is 6.07 Å². The Morgan fingerprint density at radius 2 is 1.97 bits per heavy atom. The van der Waals surface area contributed by atoms with Gasteiger partial charge in [0.05, 0.1) is 12.8 Å². The molecule has 1 aromatic carbocycles. The number of benzene rings is 1. The molecule has 2 aromatic heterocycles. The predicted octanol–water partition coefficient (Wildman–Crippen LogP) is 4.23. The third kappa shape index (κ3) is 5.25. The van der Waals surface area contributed by atoms with Gasteiger partial charge in [0, 0.05) is 30.5 Å². The van der Waals surface area contributed by atoms with Crippen LogP contribution in [0.1, 0.15) is 17.7 Å². The third-order valence-corrected chi connectivity index (χ3v) is 8.56. The molecule has 0 fully saturated rings. The minimum atomic E-state index is -3.49. The Balaban J connectivity index is 1.54. The van der Waals surface area contributed by atoms with Crippen molar-refractivity contribution in [3.05, 3.63) is 46.7 Å². The van der Waals surface area contributed by atoms with E-state index < -0.39 is 10.0 Å². The van der Waals surface area contributed by atoms with Gasteiger partial charge in [-0.15, -0.1) is 22.7 Å². The van der Waals surface area contributed by atoms with Crippen LogP contribution in [0.15, 0.2) is 46.0 Å². The van der Waals surface area contributed by atoms with Crippen molar-refractivity contribution >= 4 is 43.7 Å². The summed E-state index contributed by atoms with van der Waals surface area (Å²) in [4.78, 5) is 17.8. The van der Waals surface area contributed by atoms with Crippen LogP contribution in [-0.4, -0.2) is 44.3 Å². The monoisotopic (exact) mass is 465 g/mol. The molecule has 30 heavy (non-hydrogen) atoms. The summed E-state index contributed by atoms with van der Waals surface area (Å²) in [6.07, 6.45) is 0.628. The fourth-order valence-corrected chi connectivity index (χ4v) is 6.06. The smallest absolute Gasteiger partial charge is 0.252 e. The number of aryl methyl sites for hydroxylation is 1. The van der Waals surface area contributed by atoms with Crippen LogP contribution in [0.2, 0.25) is 0 Å². The molecule has 0 spiro atoms. The number of anilines is 1. The molecular weight excluding hydrogens is 442 g/mol. The molecule has 0 atom stereocenters. The van der Waals surface area contributed by atoms with Crippen molar-refractivity contribution < 1.29 is 17.9 Å². The average molecular weight is 466 g/mol. The maximum atomic E-state index is 12.4. The number of thiophene rings is 1. The van der Waals surface area contributed by atoms with Gasteiger partial charge in [-0.2, -0.15) is 0 Å². The number of nitrogens with one attached hydrogen (secondary N) is 1. The van der Waals surface area contributed by atoms with Gasteiger partial charge < -0.3 is 10.1 Å². The van der Waals surface area contributed by atoms with Gasteiger partial charge in [-0.25, -0.2) is 17.7 Å². The highest BCUT2D eigenvalue weighted by Gasteiger charge is 2.21. The number of methoxy groups -OCH3 is 1. The number of sulfonamides is 1. The first-order valence-corrected chi connectivity index (χ1v) is 12.4. The highest BCUT2D eigenvalue weighted by molar-refractivity contribution is 7.91. The van der Waals surface area contributed by atoms with E-state index >= 15 is 0 Å². The second-order valence-corrected chi connectivity index (χ2v) is 11.0. The van der Waals surface area contributed by atoms with Crippen molar-refractivity contribution in [1.82, 2.24) is 9.29 Å². The van der Waals surface area contributed by atoms with Gasteiger partial charge in [0.1, 0.15) is 9.96 Å². The molecule has 0 radical (unpaired) electrons. The topological polar surface area (TPSA) is 88.6 Å². The highest BCUT2D eigenvalue weighted by Crippen LogP contribution is 2.31. The van der Waals surface area contributed by atoms with E-state index in [4.69, 9.17) is 4.74 Å². The van der Waals surface area contributed by atoms with E-state index in [0.717, 1.165) is 21.9 Å². The van der Waals surface area contributed by atoms with Gasteiger partial charge in [0.2, 0.25) is 5.91 Å². The second kappa shape index (κ2) is 9.69. The van der Waals surface area contributed by atoms with E-state index in [2.05, 4.69) is 10.3 Å². The molecule has 10 heteroatoms.